The zero-order valence-corrected chi connectivity index (χ0v) is 19.1. The Bertz CT molecular complexity index is 948. The summed E-state index contributed by atoms with van der Waals surface area (Å²) in [6.07, 6.45) is -0.571. The number of methoxy groups -OCH3 is 1. The lowest BCUT2D eigenvalue weighted by atomic mass is 9.73. The molecule has 0 aromatic heterocycles. The van der Waals surface area contributed by atoms with E-state index in [-0.39, 0.29) is 23.3 Å². The van der Waals surface area contributed by atoms with E-state index in [4.69, 9.17) is 9.47 Å². The third kappa shape index (κ3) is 4.64. The van der Waals surface area contributed by atoms with Crippen LogP contribution in [-0.4, -0.2) is 74.1 Å². The van der Waals surface area contributed by atoms with Gasteiger partial charge in [-0.15, -0.1) is 0 Å². The largest absolute Gasteiger partial charge is 0.497 e. The predicted molar refractivity (Wildman–Crippen MR) is 125 cm³/mol. The number of β-amino-alcohol motifs (C(OH)–C–C–N with tert-alkyl or cyclic N) is 1. The molecule has 3 aliphatic rings. The summed E-state index contributed by atoms with van der Waals surface area (Å²) in [6.45, 7) is 4.50. The van der Waals surface area contributed by atoms with Crippen molar-refractivity contribution in [2.45, 2.75) is 31.2 Å². The average molecular weight is 452 g/mol. The molecule has 0 aliphatic carbocycles. The molecule has 2 aromatic rings. The molecular weight excluding hydrogens is 418 g/mol. The van der Waals surface area contributed by atoms with Crippen LogP contribution in [0, 0.1) is 11.3 Å². The molecule has 3 saturated heterocycles. The van der Waals surface area contributed by atoms with E-state index in [1.165, 1.54) is 5.56 Å². The van der Waals surface area contributed by atoms with E-state index in [0.717, 1.165) is 37.5 Å². The van der Waals surface area contributed by atoms with Gasteiger partial charge in [0.2, 0.25) is 0 Å². The third-order valence-corrected chi connectivity index (χ3v) is 7.44. The molecule has 0 radical (unpaired) electrons. The molecule has 33 heavy (non-hydrogen) atoms. The highest BCUT2D eigenvalue weighted by Crippen LogP contribution is 2.41. The van der Waals surface area contributed by atoms with Crippen LogP contribution in [0.25, 0.3) is 0 Å². The van der Waals surface area contributed by atoms with Crippen molar-refractivity contribution in [1.82, 2.24) is 15.5 Å². The van der Waals surface area contributed by atoms with E-state index in [0.29, 0.717) is 19.5 Å². The highest BCUT2D eigenvalue weighted by molar-refractivity contribution is 5.75. The van der Waals surface area contributed by atoms with Gasteiger partial charge in [0.05, 0.1) is 19.1 Å². The molecule has 4 atom stereocenters. The van der Waals surface area contributed by atoms with Crippen LogP contribution in [0.1, 0.15) is 11.1 Å². The monoisotopic (exact) mass is 451 g/mol. The number of benzene rings is 2. The van der Waals surface area contributed by atoms with E-state index in [9.17, 15) is 9.90 Å². The van der Waals surface area contributed by atoms with Gasteiger partial charge in [-0.05, 0) is 29.7 Å². The van der Waals surface area contributed by atoms with E-state index >= 15 is 0 Å². The molecule has 3 heterocycles. The number of nitrogens with one attached hydrogen (secondary N) is 2. The number of rotatable bonds is 7. The molecule has 7 nitrogen and oxygen atoms in total. The second-order valence-corrected chi connectivity index (χ2v) is 9.71. The van der Waals surface area contributed by atoms with Crippen molar-refractivity contribution < 1.29 is 19.4 Å². The van der Waals surface area contributed by atoms with Gasteiger partial charge in [-0.3, -0.25) is 9.69 Å². The van der Waals surface area contributed by atoms with Crippen LogP contribution in [0.2, 0.25) is 0 Å². The number of hydrogen-bond donors (Lipinski definition) is 3. The molecule has 3 aliphatic heterocycles. The SMILES string of the molecule is COc1ccc(C[C@H]2NC[C@H](O)[C@H]2OC(=O)[C@@H]2CN(Cc3ccccc3)CC23CNC3)cc1. The molecule has 5 rings (SSSR count). The van der Waals surface area contributed by atoms with Crippen LogP contribution in [0.5, 0.6) is 5.75 Å². The van der Waals surface area contributed by atoms with Crippen LogP contribution in [-0.2, 0) is 22.5 Å². The van der Waals surface area contributed by atoms with E-state index in [1.807, 2.05) is 30.3 Å². The Morgan fingerprint density at radius 3 is 2.55 bits per heavy atom. The number of nitrogens with zero attached hydrogens (tertiary/aromatic N) is 1. The van der Waals surface area contributed by atoms with Crippen LogP contribution >= 0.6 is 0 Å². The van der Waals surface area contributed by atoms with Gasteiger partial charge in [0.15, 0.2) is 0 Å². The zero-order chi connectivity index (χ0) is 22.8. The number of ether oxygens (including phenoxy) is 2. The summed E-state index contributed by atoms with van der Waals surface area (Å²) < 4.78 is 11.3. The summed E-state index contributed by atoms with van der Waals surface area (Å²) >= 11 is 0. The molecule has 0 saturated carbocycles. The van der Waals surface area contributed by atoms with Crippen LogP contribution in [0.15, 0.2) is 54.6 Å². The molecule has 2 aromatic carbocycles. The Hall–Kier alpha value is -2.45. The lowest BCUT2D eigenvalue weighted by molar-refractivity contribution is -0.163. The summed E-state index contributed by atoms with van der Waals surface area (Å²) in [6, 6.07) is 18.1. The number of carbonyl (C=O) groups is 1. The Labute approximate surface area is 195 Å². The molecule has 3 N–H and O–H groups in total. The first-order chi connectivity index (χ1) is 16.1. The van der Waals surface area contributed by atoms with Crippen LogP contribution in [0.3, 0.4) is 0 Å². The first kappa shape index (κ1) is 22.3. The van der Waals surface area contributed by atoms with Crippen molar-refractivity contribution >= 4 is 5.97 Å². The van der Waals surface area contributed by atoms with Gasteiger partial charge < -0.3 is 25.2 Å². The third-order valence-electron chi connectivity index (χ3n) is 7.44. The van der Waals surface area contributed by atoms with Crippen LogP contribution < -0.4 is 15.4 Å². The maximum Gasteiger partial charge on any atom is 0.311 e. The van der Waals surface area contributed by atoms with E-state index in [2.05, 4.69) is 39.8 Å². The smallest absolute Gasteiger partial charge is 0.311 e. The summed E-state index contributed by atoms with van der Waals surface area (Å²) in [5, 5.41) is 17.3. The number of carbonyl (C=O) groups excluding carboxylic acids is 1. The van der Waals surface area contributed by atoms with E-state index < -0.39 is 12.2 Å². The van der Waals surface area contributed by atoms with Gasteiger partial charge in [-0.2, -0.15) is 0 Å². The molecule has 3 fully saturated rings. The number of esters is 1. The Morgan fingerprint density at radius 1 is 1.12 bits per heavy atom. The van der Waals surface area contributed by atoms with Gasteiger partial charge in [0.1, 0.15) is 18.0 Å². The highest BCUT2D eigenvalue weighted by atomic mass is 16.6. The number of aliphatic hydroxyl groups excluding tert-OH is 1. The zero-order valence-electron chi connectivity index (χ0n) is 19.1. The van der Waals surface area contributed by atoms with Gasteiger partial charge in [-0.25, -0.2) is 0 Å². The molecule has 7 heteroatoms. The number of hydrogen-bond acceptors (Lipinski definition) is 7. The summed E-state index contributed by atoms with van der Waals surface area (Å²) in [5.41, 5.74) is 2.29. The summed E-state index contributed by atoms with van der Waals surface area (Å²) in [7, 11) is 1.65. The fourth-order valence-corrected chi connectivity index (χ4v) is 5.52. The van der Waals surface area contributed by atoms with E-state index in [1.54, 1.807) is 7.11 Å². The molecule has 0 bridgehead atoms. The molecular formula is C26H33N3O4. The van der Waals surface area contributed by atoms with Gasteiger partial charge >= 0.3 is 5.97 Å². The van der Waals surface area contributed by atoms with Crippen molar-refractivity contribution in [1.29, 1.82) is 0 Å². The van der Waals surface area contributed by atoms with Gasteiger partial charge in [-0.1, -0.05) is 42.5 Å². The highest BCUT2D eigenvalue weighted by Gasteiger charge is 2.55. The van der Waals surface area contributed by atoms with Crippen molar-refractivity contribution in [2.24, 2.45) is 11.3 Å². The molecule has 0 amide bonds. The first-order valence-corrected chi connectivity index (χ1v) is 11.8. The minimum atomic E-state index is -0.700. The second kappa shape index (κ2) is 9.43. The first-order valence-electron chi connectivity index (χ1n) is 11.8. The van der Waals surface area contributed by atoms with Gasteiger partial charge in [0.25, 0.3) is 0 Å². The minimum Gasteiger partial charge on any atom is -0.497 e. The molecule has 0 unspecified atom stereocenters. The average Bonchev–Trinajstić information content (AvgIpc) is 3.36. The minimum absolute atomic E-state index is 0.0751. The standard InChI is InChI=1S/C26H33N3O4/c1-32-20-9-7-18(8-10-20)11-22-24(23(30)12-28-22)33-25(31)21-14-29(17-26(21)15-27-16-26)13-19-5-3-2-4-6-19/h2-10,21-24,27-28,30H,11-17H2,1H3/t21-,22+,23-,24-/m0/s1. The molecule has 1 spiro atoms. The second-order valence-electron chi connectivity index (χ2n) is 9.71. The quantitative estimate of drug-likeness (QED) is 0.546. The summed E-state index contributed by atoms with van der Waals surface area (Å²) in [5.74, 6) is 0.443. The normalized spacial score (nSPS) is 28.5. The van der Waals surface area contributed by atoms with Crippen LogP contribution in [0.4, 0.5) is 0 Å². The van der Waals surface area contributed by atoms with Crippen molar-refractivity contribution in [2.75, 3.05) is 39.8 Å². The Balaban J connectivity index is 1.24. The molecule has 176 valence electrons. The Morgan fingerprint density at radius 2 is 1.88 bits per heavy atom. The maximum absolute atomic E-state index is 13.4. The lowest BCUT2D eigenvalue weighted by Gasteiger charge is -2.43. The predicted octanol–water partition coefficient (Wildman–Crippen LogP) is 1.20. The fraction of sp³-hybridized carbons (Fsp3) is 0.500. The lowest BCUT2D eigenvalue weighted by Crippen LogP contribution is -2.60. The van der Waals surface area contributed by atoms with Crippen molar-refractivity contribution in [3.63, 3.8) is 0 Å². The van der Waals surface area contributed by atoms with Gasteiger partial charge in [0, 0.05) is 44.7 Å². The summed E-state index contributed by atoms with van der Waals surface area (Å²) in [4.78, 5) is 15.8. The Kier molecular flexibility index (Phi) is 6.38. The van der Waals surface area contributed by atoms with Crippen molar-refractivity contribution in [3.8, 4) is 5.75 Å². The number of likely N-dealkylation sites (tertiary alicyclic amines) is 1. The topological polar surface area (TPSA) is 83.1 Å². The number of aliphatic hydroxyl groups is 1. The van der Waals surface area contributed by atoms with Crippen molar-refractivity contribution in [3.05, 3.63) is 65.7 Å². The maximum atomic E-state index is 13.4. The fourth-order valence-electron chi connectivity index (χ4n) is 5.52.